The first-order valence-electron chi connectivity index (χ1n) is 6.37. The molecule has 0 aromatic carbocycles. The van der Waals surface area contributed by atoms with Crippen LogP contribution < -0.4 is 0 Å². The van der Waals surface area contributed by atoms with E-state index in [1.165, 1.54) is 6.54 Å². The Morgan fingerprint density at radius 1 is 1.06 bits per heavy atom. The first kappa shape index (κ1) is 16.4. The van der Waals surface area contributed by atoms with Gasteiger partial charge in [0.05, 0.1) is 0 Å². The largest absolute Gasteiger partial charge is 0.308 e. The molecule has 0 amide bonds. The lowest BCUT2D eigenvalue weighted by Gasteiger charge is -2.33. The van der Waals surface area contributed by atoms with Crippen molar-refractivity contribution in [1.29, 1.82) is 0 Å². The molecule has 0 heterocycles. The lowest BCUT2D eigenvalue weighted by molar-refractivity contribution is 0.149. The highest BCUT2D eigenvalue weighted by molar-refractivity contribution is 9.09. The minimum Gasteiger partial charge on any atom is -0.308 e. The van der Waals surface area contributed by atoms with E-state index in [-0.39, 0.29) is 0 Å². The van der Waals surface area contributed by atoms with Crippen molar-refractivity contribution >= 4 is 15.9 Å². The summed E-state index contributed by atoms with van der Waals surface area (Å²) in [6, 6.07) is 0.639. The molecule has 0 aromatic heterocycles. The molecule has 0 saturated heterocycles. The van der Waals surface area contributed by atoms with Gasteiger partial charge in [0.1, 0.15) is 0 Å². The van der Waals surface area contributed by atoms with E-state index in [0.29, 0.717) is 6.04 Å². The molecule has 0 aliphatic carbocycles. The van der Waals surface area contributed by atoms with Crippen molar-refractivity contribution in [3.63, 3.8) is 0 Å². The normalized spacial score (nSPS) is 16.1. The van der Waals surface area contributed by atoms with E-state index in [9.17, 15) is 0 Å². The van der Waals surface area contributed by atoms with Crippen LogP contribution in [0.15, 0.2) is 0 Å². The molecule has 0 spiro atoms. The van der Waals surface area contributed by atoms with Gasteiger partial charge in [-0.25, -0.2) is 0 Å². The van der Waals surface area contributed by atoms with Crippen LogP contribution in [-0.4, -0.2) is 54.9 Å². The van der Waals surface area contributed by atoms with Crippen molar-refractivity contribution in [2.75, 3.05) is 39.1 Å². The molecule has 0 N–H and O–H groups in total. The van der Waals surface area contributed by atoms with Crippen molar-refractivity contribution in [3.05, 3.63) is 0 Å². The highest BCUT2D eigenvalue weighted by Crippen LogP contribution is 2.16. The zero-order chi connectivity index (χ0) is 12.7. The van der Waals surface area contributed by atoms with Gasteiger partial charge in [0.15, 0.2) is 0 Å². The number of hydrogen-bond donors (Lipinski definition) is 0. The summed E-state index contributed by atoms with van der Waals surface area (Å²) in [5, 5.41) is 1.11. The zero-order valence-electron chi connectivity index (χ0n) is 11.8. The highest BCUT2D eigenvalue weighted by Gasteiger charge is 2.19. The Labute approximate surface area is 111 Å². The topological polar surface area (TPSA) is 6.48 Å². The van der Waals surface area contributed by atoms with Crippen LogP contribution in [0.25, 0.3) is 0 Å². The Balaban J connectivity index is 4.26. The molecule has 2 nitrogen and oxygen atoms in total. The van der Waals surface area contributed by atoms with Crippen LogP contribution in [-0.2, 0) is 0 Å². The predicted molar refractivity (Wildman–Crippen MR) is 77.4 cm³/mol. The molecule has 0 aromatic rings. The molecule has 0 saturated carbocycles. The summed E-state index contributed by atoms with van der Waals surface area (Å²) < 4.78 is 0. The van der Waals surface area contributed by atoms with Gasteiger partial charge >= 0.3 is 0 Å². The Bertz CT molecular complexity index is 171. The summed E-state index contributed by atoms with van der Waals surface area (Å²) in [5.41, 5.74) is 0. The van der Waals surface area contributed by atoms with Crippen molar-refractivity contribution < 1.29 is 0 Å². The van der Waals surface area contributed by atoms with Gasteiger partial charge < -0.3 is 4.90 Å². The molecule has 2 unspecified atom stereocenters. The van der Waals surface area contributed by atoms with E-state index in [1.54, 1.807) is 0 Å². The quantitative estimate of drug-likeness (QED) is 0.635. The number of likely N-dealkylation sites (N-methyl/N-ethyl adjacent to an activating group) is 2. The minimum absolute atomic E-state index is 0.639. The fraction of sp³-hybridized carbons (Fsp3) is 1.00. The molecule has 98 valence electrons. The number of nitrogens with zero attached hydrogens (tertiary/aromatic N) is 2. The summed E-state index contributed by atoms with van der Waals surface area (Å²) in [6.45, 7) is 12.7. The summed E-state index contributed by atoms with van der Waals surface area (Å²) >= 11 is 3.64. The second kappa shape index (κ2) is 8.48. The standard InChI is InChI=1S/C13H29BrN2/c1-7-16(12(4)9-15(5)6)10-13(8-14)11(2)3/h11-13H,7-10H2,1-6H3. The maximum atomic E-state index is 3.64. The number of halogens is 1. The van der Waals surface area contributed by atoms with E-state index in [0.717, 1.165) is 30.3 Å². The van der Waals surface area contributed by atoms with E-state index >= 15 is 0 Å². The number of rotatable bonds is 8. The van der Waals surface area contributed by atoms with Crippen LogP contribution in [0, 0.1) is 11.8 Å². The lowest BCUT2D eigenvalue weighted by Crippen LogP contribution is -2.43. The third kappa shape index (κ3) is 6.21. The first-order chi connectivity index (χ1) is 7.42. The molecule has 0 radical (unpaired) electrons. The Kier molecular flexibility index (Phi) is 8.70. The van der Waals surface area contributed by atoms with Crippen LogP contribution in [0.1, 0.15) is 27.7 Å². The third-order valence-corrected chi connectivity index (χ3v) is 4.10. The number of alkyl halides is 1. The van der Waals surface area contributed by atoms with Gasteiger partial charge in [0.2, 0.25) is 0 Å². The Hall–Kier alpha value is 0.400. The first-order valence-corrected chi connectivity index (χ1v) is 7.49. The van der Waals surface area contributed by atoms with Crippen LogP contribution in [0.4, 0.5) is 0 Å². The van der Waals surface area contributed by atoms with Gasteiger partial charge in [-0.15, -0.1) is 0 Å². The van der Waals surface area contributed by atoms with Crippen molar-refractivity contribution in [2.45, 2.75) is 33.7 Å². The average Bonchev–Trinajstić information content (AvgIpc) is 2.17. The smallest absolute Gasteiger partial charge is 0.0194 e. The number of hydrogen-bond acceptors (Lipinski definition) is 2. The summed E-state index contributed by atoms with van der Waals surface area (Å²) in [4.78, 5) is 4.86. The fourth-order valence-electron chi connectivity index (χ4n) is 2.00. The highest BCUT2D eigenvalue weighted by atomic mass is 79.9. The molecule has 0 fully saturated rings. The molecule has 0 aliphatic rings. The molecule has 2 atom stereocenters. The maximum absolute atomic E-state index is 3.64. The van der Waals surface area contributed by atoms with Crippen LogP contribution >= 0.6 is 15.9 Å². The van der Waals surface area contributed by atoms with Crippen molar-refractivity contribution in [2.24, 2.45) is 11.8 Å². The van der Waals surface area contributed by atoms with E-state index in [2.05, 4.69) is 67.5 Å². The monoisotopic (exact) mass is 292 g/mol. The summed E-state index contributed by atoms with van der Waals surface area (Å²) in [5.74, 6) is 1.50. The van der Waals surface area contributed by atoms with Gasteiger partial charge in [-0.05, 0) is 39.4 Å². The van der Waals surface area contributed by atoms with Gasteiger partial charge in [0, 0.05) is 24.5 Å². The summed E-state index contributed by atoms with van der Waals surface area (Å²) in [6.07, 6.45) is 0. The summed E-state index contributed by atoms with van der Waals surface area (Å²) in [7, 11) is 4.30. The third-order valence-electron chi connectivity index (χ3n) is 3.27. The predicted octanol–water partition coefficient (Wildman–Crippen LogP) is 2.93. The minimum atomic E-state index is 0.639. The van der Waals surface area contributed by atoms with Crippen molar-refractivity contribution in [1.82, 2.24) is 9.80 Å². The molecule has 0 bridgehead atoms. The molecular weight excluding hydrogens is 264 g/mol. The van der Waals surface area contributed by atoms with Gasteiger partial charge in [-0.2, -0.15) is 0 Å². The SMILES string of the molecule is CCN(CC(CBr)C(C)C)C(C)CN(C)C. The van der Waals surface area contributed by atoms with E-state index in [4.69, 9.17) is 0 Å². The van der Waals surface area contributed by atoms with Gasteiger partial charge in [-0.3, -0.25) is 4.90 Å². The van der Waals surface area contributed by atoms with Gasteiger partial charge in [-0.1, -0.05) is 36.7 Å². The molecule has 0 rings (SSSR count). The zero-order valence-corrected chi connectivity index (χ0v) is 13.4. The molecule has 3 heteroatoms. The fourth-order valence-corrected chi connectivity index (χ4v) is 2.96. The van der Waals surface area contributed by atoms with Crippen LogP contribution in [0.5, 0.6) is 0 Å². The van der Waals surface area contributed by atoms with Crippen molar-refractivity contribution in [3.8, 4) is 0 Å². The second-order valence-corrected chi connectivity index (χ2v) is 6.00. The Morgan fingerprint density at radius 2 is 1.62 bits per heavy atom. The molecular formula is C13H29BrN2. The average molecular weight is 293 g/mol. The maximum Gasteiger partial charge on any atom is 0.0194 e. The van der Waals surface area contributed by atoms with Crippen LogP contribution in [0.2, 0.25) is 0 Å². The molecule has 0 aliphatic heterocycles. The van der Waals surface area contributed by atoms with E-state index in [1.807, 2.05) is 0 Å². The van der Waals surface area contributed by atoms with Gasteiger partial charge in [0.25, 0.3) is 0 Å². The molecule has 16 heavy (non-hydrogen) atoms. The second-order valence-electron chi connectivity index (χ2n) is 5.36. The lowest BCUT2D eigenvalue weighted by atomic mass is 9.97. The van der Waals surface area contributed by atoms with Crippen LogP contribution in [0.3, 0.4) is 0 Å². The van der Waals surface area contributed by atoms with E-state index < -0.39 is 0 Å². The Morgan fingerprint density at radius 3 is 1.94 bits per heavy atom.